The first kappa shape index (κ1) is 18.7. The molecule has 1 fully saturated rings. The van der Waals surface area contributed by atoms with E-state index in [4.69, 9.17) is 9.63 Å². The van der Waals surface area contributed by atoms with E-state index in [1.54, 1.807) is 0 Å². The molecule has 2 heterocycles. The molecule has 2 rings (SSSR count). The van der Waals surface area contributed by atoms with Gasteiger partial charge in [0.15, 0.2) is 5.82 Å². The number of carbonyl (C=O) groups excluding carboxylic acids is 1. The second kappa shape index (κ2) is 9.01. The maximum Gasteiger partial charge on any atom is 0.317 e. The van der Waals surface area contributed by atoms with Crippen LogP contribution in [0.2, 0.25) is 0 Å². The number of urea groups is 1. The number of aliphatic hydroxyl groups is 1. The molecule has 0 aliphatic carbocycles. The summed E-state index contributed by atoms with van der Waals surface area (Å²) >= 11 is 0. The van der Waals surface area contributed by atoms with Crippen LogP contribution in [0, 0.1) is 18.8 Å². The van der Waals surface area contributed by atoms with Gasteiger partial charge in [-0.3, -0.25) is 0 Å². The zero-order valence-corrected chi connectivity index (χ0v) is 15.0. The zero-order chi connectivity index (χ0) is 17.5. The van der Waals surface area contributed by atoms with Crippen LogP contribution in [0.1, 0.15) is 57.2 Å². The van der Waals surface area contributed by atoms with Gasteiger partial charge in [-0.1, -0.05) is 19.0 Å². The Balaban J connectivity index is 1.75. The minimum absolute atomic E-state index is 0.0122. The number of hydrogen-bond donors (Lipinski definition) is 2. The van der Waals surface area contributed by atoms with Crippen LogP contribution in [0.5, 0.6) is 0 Å². The van der Waals surface area contributed by atoms with E-state index in [1.165, 1.54) is 0 Å². The van der Waals surface area contributed by atoms with Crippen molar-refractivity contribution in [2.24, 2.45) is 11.8 Å². The van der Waals surface area contributed by atoms with E-state index < -0.39 is 0 Å². The van der Waals surface area contributed by atoms with Crippen LogP contribution in [-0.2, 0) is 0 Å². The number of hydrogen-bond acceptors (Lipinski definition) is 5. The summed E-state index contributed by atoms with van der Waals surface area (Å²) in [6.07, 6.45) is 3.44. The van der Waals surface area contributed by atoms with Gasteiger partial charge in [-0.05, 0) is 44.4 Å². The first-order valence-electron chi connectivity index (χ1n) is 8.93. The SMILES string of the molecule is Cc1noc(C2CCN(C(=O)NCC(CCO)CC(C)C)CC2)n1. The number of rotatable bonds is 7. The Morgan fingerprint density at radius 1 is 1.42 bits per heavy atom. The molecule has 7 nitrogen and oxygen atoms in total. The second-order valence-electron chi connectivity index (χ2n) is 7.14. The van der Waals surface area contributed by atoms with Crippen molar-refractivity contribution in [1.82, 2.24) is 20.4 Å². The van der Waals surface area contributed by atoms with Gasteiger partial charge in [0.1, 0.15) is 0 Å². The summed E-state index contributed by atoms with van der Waals surface area (Å²) in [7, 11) is 0. The fraction of sp³-hybridized carbons (Fsp3) is 0.824. The lowest BCUT2D eigenvalue weighted by molar-refractivity contribution is 0.171. The molecule has 136 valence electrons. The van der Waals surface area contributed by atoms with Gasteiger partial charge in [-0.25, -0.2) is 4.79 Å². The third-order valence-corrected chi connectivity index (χ3v) is 4.56. The van der Waals surface area contributed by atoms with Gasteiger partial charge in [0.2, 0.25) is 5.89 Å². The number of amides is 2. The van der Waals surface area contributed by atoms with Gasteiger partial charge in [-0.2, -0.15) is 4.98 Å². The van der Waals surface area contributed by atoms with E-state index in [2.05, 4.69) is 29.3 Å². The molecule has 1 saturated heterocycles. The molecule has 2 amide bonds. The summed E-state index contributed by atoms with van der Waals surface area (Å²) in [6.45, 7) is 8.34. The fourth-order valence-corrected chi connectivity index (χ4v) is 3.30. The van der Waals surface area contributed by atoms with Crippen LogP contribution in [0.3, 0.4) is 0 Å². The Hall–Kier alpha value is -1.63. The lowest BCUT2D eigenvalue weighted by atomic mass is 9.94. The molecule has 0 radical (unpaired) electrons. The molecule has 7 heteroatoms. The van der Waals surface area contributed by atoms with Gasteiger partial charge in [0.05, 0.1) is 0 Å². The van der Waals surface area contributed by atoms with Crippen LogP contribution in [0.15, 0.2) is 4.52 Å². The molecule has 1 atom stereocenters. The third kappa shape index (κ3) is 5.47. The average molecular weight is 338 g/mol. The number of likely N-dealkylation sites (tertiary alicyclic amines) is 1. The molecular weight excluding hydrogens is 308 g/mol. The Morgan fingerprint density at radius 2 is 2.12 bits per heavy atom. The normalized spacial score (nSPS) is 17.3. The van der Waals surface area contributed by atoms with Crippen molar-refractivity contribution in [3.8, 4) is 0 Å². The third-order valence-electron chi connectivity index (χ3n) is 4.56. The van der Waals surface area contributed by atoms with Gasteiger partial charge in [0.25, 0.3) is 0 Å². The zero-order valence-electron chi connectivity index (χ0n) is 15.0. The molecule has 24 heavy (non-hydrogen) atoms. The van der Waals surface area contributed by atoms with E-state index in [0.29, 0.717) is 43.2 Å². The Bertz CT molecular complexity index is 510. The highest BCUT2D eigenvalue weighted by Gasteiger charge is 2.27. The van der Waals surface area contributed by atoms with E-state index in [-0.39, 0.29) is 18.6 Å². The van der Waals surface area contributed by atoms with Crippen molar-refractivity contribution < 1.29 is 14.4 Å². The Morgan fingerprint density at radius 3 is 2.67 bits per heavy atom. The minimum Gasteiger partial charge on any atom is -0.396 e. The second-order valence-corrected chi connectivity index (χ2v) is 7.14. The van der Waals surface area contributed by atoms with Crippen LogP contribution in [0.25, 0.3) is 0 Å². The maximum absolute atomic E-state index is 12.3. The summed E-state index contributed by atoms with van der Waals surface area (Å²) in [5, 5.41) is 16.0. The standard InChI is InChI=1S/C17H30N4O3/c1-12(2)10-14(6-9-22)11-18-17(23)21-7-4-15(5-8-21)16-19-13(3)20-24-16/h12,14-15,22H,4-11H2,1-3H3,(H,18,23). The summed E-state index contributed by atoms with van der Waals surface area (Å²) in [5.74, 6) is 2.49. The average Bonchev–Trinajstić information content (AvgIpc) is 2.99. The topological polar surface area (TPSA) is 91.5 Å². The Labute approximate surface area is 143 Å². The molecule has 0 bridgehead atoms. The Kier molecular flexibility index (Phi) is 7.02. The maximum atomic E-state index is 12.3. The van der Waals surface area contributed by atoms with Crippen molar-refractivity contribution in [3.05, 3.63) is 11.7 Å². The summed E-state index contributed by atoms with van der Waals surface area (Å²) < 4.78 is 5.24. The van der Waals surface area contributed by atoms with Crippen LogP contribution in [-0.4, -0.2) is 52.4 Å². The molecule has 1 aliphatic rings. The van der Waals surface area contributed by atoms with Crippen molar-refractivity contribution in [2.45, 2.75) is 52.4 Å². The molecule has 1 aromatic rings. The smallest absolute Gasteiger partial charge is 0.317 e. The van der Waals surface area contributed by atoms with Crippen LogP contribution >= 0.6 is 0 Å². The highest BCUT2D eigenvalue weighted by Crippen LogP contribution is 2.26. The number of aromatic nitrogens is 2. The number of nitrogens with zero attached hydrogens (tertiary/aromatic N) is 3. The van der Waals surface area contributed by atoms with Crippen molar-refractivity contribution >= 4 is 6.03 Å². The summed E-state index contributed by atoms with van der Waals surface area (Å²) in [4.78, 5) is 18.5. The number of nitrogens with one attached hydrogen (secondary N) is 1. The molecule has 1 unspecified atom stereocenters. The molecular formula is C17H30N4O3. The molecule has 0 aromatic carbocycles. The van der Waals surface area contributed by atoms with E-state index in [1.807, 2.05) is 11.8 Å². The van der Waals surface area contributed by atoms with E-state index in [0.717, 1.165) is 25.7 Å². The van der Waals surface area contributed by atoms with Gasteiger partial charge in [-0.15, -0.1) is 0 Å². The monoisotopic (exact) mass is 338 g/mol. The minimum atomic E-state index is -0.0122. The van der Waals surface area contributed by atoms with Gasteiger partial charge in [0, 0.05) is 32.2 Å². The lowest BCUT2D eigenvalue weighted by Gasteiger charge is -2.31. The fourth-order valence-electron chi connectivity index (χ4n) is 3.30. The first-order chi connectivity index (χ1) is 11.5. The van der Waals surface area contributed by atoms with Crippen molar-refractivity contribution in [3.63, 3.8) is 0 Å². The van der Waals surface area contributed by atoms with E-state index in [9.17, 15) is 4.79 Å². The number of carbonyl (C=O) groups is 1. The van der Waals surface area contributed by atoms with E-state index >= 15 is 0 Å². The predicted molar refractivity (Wildman–Crippen MR) is 90.6 cm³/mol. The number of aryl methyl sites for hydroxylation is 1. The lowest BCUT2D eigenvalue weighted by Crippen LogP contribution is -2.45. The van der Waals surface area contributed by atoms with Gasteiger partial charge >= 0.3 is 6.03 Å². The van der Waals surface area contributed by atoms with Crippen molar-refractivity contribution in [1.29, 1.82) is 0 Å². The quantitative estimate of drug-likeness (QED) is 0.796. The highest BCUT2D eigenvalue weighted by atomic mass is 16.5. The number of piperidine rings is 1. The summed E-state index contributed by atoms with van der Waals surface area (Å²) in [6, 6.07) is -0.0122. The molecule has 1 aromatic heterocycles. The highest BCUT2D eigenvalue weighted by molar-refractivity contribution is 5.74. The predicted octanol–water partition coefficient (Wildman–Crippen LogP) is 2.31. The molecule has 0 spiro atoms. The molecule has 2 N–H and O–H groups in total. The molecule has 0 saturated carbocycles. The largest absolute Gasteiger partial charge is 0.396 e. The van der Waals surface area contributed by atoms with Crippen molar-refractivity contribution in [2.75, 3.05) is 26.2 Å². The number of aliphatic hydroxyl groups excluding tert-OH is 1. The first-order valence-corrected chi connectivity index (χ1v) is 8.93. The molecule has 1 aliphatic heterocycles. The van der Waals surface area contributed by atoms with Crippen LogP contribution < -0.4 is 5.32 Å². The van der Waals surface area contributed by atoms with Crippen LogP contribution in [0.4, 0.5) is 4.79 Å². The summed E-state index contributed by atoms with van der Waals surface area (Å²) in [5.41, 5.74) is 0. The van der Waals surface area contributed by atoms with Gasteiger partial charge < -0.3 is 19.8 Å².